The average molecular weight is 260 g/mol. The smallest absolute Gasteiger partial charge is 0.0586 e. The van der Waals surface area contributed by atoms with Crippen LogP contribution in [-0.4, -0.2) is 50.8 Å². The van der Waals surface area contributed by atoms with Gasteiger partial charge in [-0.1, -0.05) is 24.3 Å². The van der Waals surface area contributed by atoms with E-state index in [4.69, 9.17) is 4.74 Å². The molecule has 0 radical (unpaired) electrons. The minimum Gasteiger partial charge on any atom is -0.379 e. The van der Waals surface area contributed by atoms with E-state index < -0.39 is 0 Å². The van der Waals surface area contributed by atoms with Crippen molar-refractivity contribution < 1.29 is 4.74 Å². The summed E-state index contributed by atoms with van der Waals surface area (Å²) in [6.45, 7) is 7.34. The van der Waals surface area contributed by atoms with Crippen LogP contribution < -0.4 is 5.32 Å². The number of likely N-dealkylation sites (N-methyl/N-ethyl adjacent to an activating group) is 1. The van der Waals surface area contributed by atoms with E-state index in [0.717, 1.165) is 32.8 Å². The SMILES string of the molecule is Cc1ccccc1C1(CC2CNCCN2C)COC1. The van der Waals surface area contributed by atoms with E-state index in [1.165, 1.54) is 17.5 Å². The summed E-state index contributed by atoms with van der Waals surface area (Å²) in [6.07, 6.45) is 1.20. The minimum absolute atomic E-state index is 0.239. The molecule has 2 aliphatic rings. The molecule has 1 atom stereocenters. The third-order valence-corrected chi connectivity index (χ3v) is 4.74. The lowest BCUT2D eigenvalue weighted by Crippen LogP contribution is -2.56. The van der Waals surface area contributed by atoms with Gasteiger partial charge < -0.3 is 15.0 Å². The third-order valence-electron chi connectivity index (χ3n) is 4.74. The van der Waals surface area contributed by atoms with Gasteiger partial charge in [0.2, 0.25) is 0 Å². The Labute approximate surface area is 115 Å². The summed E-state index contributed by atoms with van der Waals surface area (Å²) in [5.74, 6) is 0. The fourth-order valence-corrected chi connectivity index (χ4v) is 3.44. The van der Waals surface area contributed by atoms with Gasteiger partial charge in [0.1, 0.15) is 0 Å². The van der Waals surface area contributed by atoms with Crippen molar-refractivity contribution in [2.75, 3.05) is 39.9 Å². The van der Waals surface area contributed by atoms with Gasteiger partial charge in [0.15, 0.2) is 0 Å². The fourth-order valence-electron chi connectivity index (χ4n) is 3.44. The third kappa shape index (κ3) is 2.42. The second-order valence-electron chi connectivity index (χ2n) is 6.13. The van der Waals surface area contributed by atoms with E-state index in [1.807, 2.05) is 0 Å². The molecular weight excluding hydrogens is 236 g/mol. The average Bonchev–Trinajstić information content (AvgIpc) is 2.37. The predicted molar refractivity (Wildman–Crippen MR) is 77.6 cm³/mol. The summed E-state index contributed by atoms with van der Waals surface area (Å²) < 4.78 is 5.59. The Morgan fingerprint density at radius 1 is 1.37 bits per heavy atom. The Balaban J connectivity index is 1.81. The van der Waals surface area contributed by atoms with Crippen molar-refractivity contribution in [2.45, 2.75) is 24.8 Å². The predicted octanol–water partition coefficient (Wildman–Crippen LogP) is 1.56. The number of rotatable bonds is 3. The number of nitrogens with zero attached hydrogens (tertiary/aromatic N) is 1. The summed E-state index contributed by atoms with van der Waals surface area (Å²) in [5, 5.41) is 3.52. The maximum Gasteiger partial charge on any atom is 0.0586 e. The van der Waals surface area contributed by atoms with E-state index in [0.29, 0.717) is 6.04 Å². The van der Waals surface area contributed by atoms with Crippen LogP contribution in [0.25, 0.3) is 0 Å². The molecule has 19 heavy (non-hydrogen) atoms. The molecule has 0 aliphatic carbocycles. The van der Waals surface area contributed by atoms with Crippen molar-refractivity contribution in [1.82, 2.24) is 10.2 Å². The molecule has 1 unspecified atom stereocenters. The highest BCUT2D eigenvalue weighted by Crippen LogP contribution is 2.39. The van der Waals surface area contributed by atoms with Crippen LogP contribution in [0, 0.1) is 6.92 Å². The van der Waals surface area contributed by atoms with E-state index in [1.54, 1.807) is 0 Å². The van der Waals surface area contributed by atoms with Crippen molar-refractivity contribution in [2.24, 2.45) is 0 Å². The molecule has 3 heteroatoms. The maximum atomic E-state index is 5.59. The Bertz CT molecular complexity index is 442. The first kappa shape index (κ1) is 13.1. The topological polar surface area (TPSA) is 24.5 Å². The van der Waals surface area contributed by atoms with E-state index in [-0.39, 0.29) is 5.41 Å². The van der Waals surface area contributed by atoms with Gasteiger partial charge in [0, 0.05) is 31.1 Å². The molecule has 0 aromatic heterocycles. The quantitative estimate of drug-likeness (QED) is 0.892. The Hall–Kier alpha value is -0.900. The molecule has 3 rings (SSSR count). The molecule has 1 aromatic carbocycles. The monoisotopic (exact) mass is 260 g/mol. The molecule has 0 amide bonds. The maximum absolute atomic E-state index is 5.59. The molecule has 3 nitrogen and oxygen atoms in total. The molecule has 0 bridgehead atoms. The van der Waals surface area contributed by atoms with Crippen LogP contribution in [0.3, 0.4) is 0 Å². The van der Waals surface area contributed by atoms with Crippen LogP contribution >= 0.6 is 0 Å². The molecular formula is C16H24N2O. The zero-order chi connectivity index (χ0) is 13.3. The molecule has 2 fully saturated rings. The fraction of sp³-hybridized carbons (Fsp3) is 0.625. The van der Waals surface area contributed by atoms with Gasteiger partial charge in [-0.05, 0) is 31.5 Å². The van der Waals surface area contributed by atoms with Crippen molar-refractivity contribution >= 4 is 0 Å². The van der Waals surface area contributed by atoms with E-state index in [2.05, 4.69) is 48.5 Å². The standard InChI is InChI=1S/C16H24N2O/c1-13-5-3-4-6-15(13)16(11-19-12-16)9-14-10-17-7-8-18(14)2/h3-6,14,17H,7-12H2,1-2H3. The lowest BCUT2D eigenvalue weighted by molar-refractivity contribution is -0.0756. The zero-order valence-corrected chi connectivity index (χ0v) is 12.0. The Morgan fingerprint density at radius 2 is 2.16 bits per heavy atom. The largest absolute Gasteiger partial charge is 0.379 e. The van der Waals surface area contributed by atoms with Crippen LogP contribution in [0.1, 0.15) is 17.5 Å². The van der Waals surface area contributed by atoms with Crippen LogP contribution in [0.2, 0.25) is 0 Å². The Morgan fingerprint density at radius 3 is 2.79 bits per heavy atom. The zero-order valence-electron chi connectivity index (χ0n) is 12.0. The number of benzene rings is 1. The van der Waals surface area contributed by atoms with Gasteiger partial charge in [-0.15, -0.1) is 0 Å². The summed E-state index contributed by atoms with van der Waals surface area (Å²) in [6, 6.07) is 9.41. The lowest BCUT2D eigenvalue weighted by Gasteiger charge is -2.47. The number of hydrogen-bond acceptors (Lipinski definition) is 3. The number of ether oxygens (including phenoxy) is 1. The minimum atomic E-state index is 0.239. The number of nitrogens with one attached hydrogen (secondary N) is 1. The highest BCUT2D eigenvalue weighted by Gasteiger charge is 2.43. The van der Waals surface area contributed by atoms with E-state index >= 15 is 0 Å². The summed E-state index contributed by atoms with van der Waals surface area (Å²) in [4.78, 5) is 2.49. The molecule has 0 saturated carbocycles. The summed E-state index contributed by atoms with van der Waals surface area (Å²) in [7, 11) is 2.25. The van der Waals surface area contributed by atoms with E-state index in [9.17, 15) is 0 Å². The summed E-state index contributed by atoms with van der Waals surface area (Å²) in [5.41, 5.74) is 3.13. The molecule has 1 N–H and O–H groups in total. The molecule has 0 spiro atoms. The van der Waals surface area contributed by atoms with Crippen LogP contribution in [0.5, 0.6) is 0 Å². The number of hydrogen-bond donors (Lipinski definition) is 1. The first-order chi connectivity index (χ1) is 9.21. The highest BCUT2D eigenvalue weighted by molar-refractivity contribution is 5.35. The summed E-state index contributed by atoms with van der Waals surface area (Å²) >= 11 is 0. The highest BCUT2D eigenvalue weighted by atomic mass is 16.5. The first-order valence-electron chi connectivity index (χ1n) is 7.26. The van der Waals surface area contributed by atoms with Crippen molar-refractivity contribution in [3.8, 4) is 0 Å². The molecule has 104 valence electrons. The van der Waals surface area contributed by atoms with Crippen molar-refractivity contribution in [3.63, 3.8) is 0 Å². The second-order valence-corrected chi connectivity index (χ2v) is 6.13. The number of aryl methyl sites for hydroxylation is 1. The lowest BCUT2D eigenvalue weighted by atomic mass is 9.72. The Kier molecular flexibility index (Phi) is 3.61. The normalized spacial score (nSPS) is 26.9. The van der Waals surface area contributed by atoms with Crippen molar-refractivity contribution in [3.05, 3.63) is 35.4 Å². The van der Waals surface area contributed by atoms with Gasteiger partial charge >= 0.3 is 0 Å². The van der Waals surface area contributed by atoms with Gasteiger partial charge in [0.25, 0.3) is 0 Å². The first-order valence-corrected chi connectivity index (χ1v) is 7.26. The van der Waals surface area contributed by atoms with Gasteiger partial charge in [-0.3, -0.25) is 0 Å². The van der Waals surface area contributed by atoms with Gasteiger partial charge in [0.05, 0.1) is 13.2 Å². The van der Waals surface area contributed by atoms with Crippen LogP contribution in [0.4, 0.5) is 0 Å². The van der Waals surface area contributed by atoms with Gasteiger partial charge in [-0.25, -0.2) is 0 Å². The molecule has 1 aromatic rings. The molecule has 2 saturated heterocycles. The van der Waals surface area contributed by atoms with Gasteiger partial charge in [-0.2, -0.15) is 0 Å². The molecule has 2 heterocycles. The van der Waals surface area contributed by atoms with Crippen molar-refractivity contribution in [1.29, 1.82) is 0 Å². The molecule has 2 aliphatic heterocycles. The van der Waals surface area contributed by atoms with Crippen LogP contribution in [0.15, 0.2) is 24.3 Å². The second kappa shape index (κ2) is 5.23. The van der Waals surface area contributed by atoms with Crippen LogP contribution in [-0.2, 0) is 10.2 Å². The number of piperazine rings is 1.